The largest absolute Gasteiger partial charge is 0.356 e. The van der Waals surface area contributed by atoms with E-state index in [1.54, 1.807) is 0 Å². The number of carbonyl (C=O) groups is 1. The molecule has 0 aliphatic carbocycles. The number of nitrogens with one attached hydrogen (secondary N) is 2. The maximum Gasteiger partial charge on any atom is 0.221 e. The third kappa shape index (κ3) is 4.40. The summed E-state index contributed by atoms with van der Waals surface area (Å²) in [5, 5.41) is 7.15. The van der Waals surface area contributed by atoms with Crippen molar-refractivity contribution in [3.63, 3.8) is 0 Å². The first kappa shape index (κ1) is 15.7. The van der Waals surface area contributed by atoms with E-state index < -0.39 is 0 Å². The number of benzene rings is 1. The van der Waals surface area contributed by atoms with Gasteiger partial charge in [-0.05, 0) is 42.4 Å². The molecule has 3 nitrogen and oxygen atoms in total. The number of amides is 1. The van der Waals surface area contributed by atoms with Crippen LogP contribution in [0.25, 0.3) is 0 Å². The van der Waals surface area contributed by atoms with Crippen molar-refractivity contribution in [1.82, 2.24) is 10.6 Å². The number of rotatable bonds is 6. The Balaban J connectivity index is 1.86. The van der Waals surface area contributed by atoms with E-state index in [4.69, 9.17) is 11.6 Å². The summed E-state index contributed by atoms with van der Waals surface area (Å²) < 4.78 is 0. The van der Waals surface area contributed by atoms with Gasteiger partial charge in [-0.1, -0.05) is 18.5 Å². The molecule has 1 aliphatic rings. The van der Waals surface area contributed by atoms with Crippen LogP contribution in [-0.2, 0) is 4.79 Å². The van der Waals surface area contributed by atoms with Crippen molar-refractivity contribution < 1.29 is 4.79 Å². The number of hydrogen-bond acceptors (Lipinski definition) is 3. The second kappa shape index (κ2) is 7.91. The van der Waals surface area contributed by atoms with Crippen LogP contribution in [0.1, 0.15) is 37.8 Å². The highest BCUT2D eigenvalue weighted by molar-refractivity contribution is 7.99. The summed E-state index contributed by atoms with van der Waals surface area (Å²) in [6.07, 6.45) is 2.58. The maximum atomic E-state index is 11.6. The van der Waals surface area contributed by atoms with Gasteiger partial charge in [-0.3, -0.25) is 4.79 Å². The fourth-order valence-electron chi connectivity index (χ4n) is 2.29. The molecule has 1 aromatic rings. The lowest BCUT2D eigenvalue weighted by atomic mass is 10.0. The molecule has 2 rings (SSSR count). The molecule has 0 fully saturated rings. The molecule has 0 saturated carbocycles. The van der Waals surface area contributed by atoms with Crippen molar-refractivity contribution in [2.45, 2.75) is 37.1 Å². The van der Waals surface area contributed by atoms with Crippen LogP contribution in [0.5, 0.6) is 0 Å². The predicted molar refractivity (Wildman–Crippen MR) is 85.5 cm³/mol. The van der Waals surface area contributed by atoms with Gasteiger partial charge >= 0.3 is 0 Å². The Morgan fingerprint density at radius 2 is 2.30 bits per heavy atom. The Kier molecular flexibility index (Phi) is 6.20. The van der Waals surface area contributed by atoms with Crippen LogP contribution in [0.2, 0.25) is 5.02 Å². The molecule has 2 N–H and O–H groups in total. The van der Waals surface area contributed by atoms with Crippen LogP contribution >= 0.6 is 23.4 Å². The van der Waals surface area contributed by atoms with Crippen molar-refractivity contribution in [3.8, 4) is 0 Å². The zero-order valence-corrected chi connectivity index (χ0v) is 13.3. The first-order valence-electron chi connectivity index (χ1n) is 7.13. The monoisotopic (exact) mass is 312 g/mol. The number of thioether (sulfide) groups is 1. The standard InChI is InChI=1S/C15H21ClN2OS/c1-2-7-18-15(19)5-8-17-13-6-9-20-14-4-3-11(16)10-12(13)14/h3-4,10,13,17H,2,5-9H2,1H3,(H,18,19). The van der Waals surface area contributed by atoms with Crippen LogP contribution < -0.4 is 10.6 Å². The van der Waals surface area contributed by atoms with Gasteiger partial charge < -0.3 is 10.6 Å². The van der Waals surface area contributed by atoms with Gasteiger partial charge in [0, 0.05) is 35.5 Å². The lowest BCUT2D eigenvalue weighted by Gasteiger charge is -2.26. The molecule has 110 valence electrons. The van der Waals surface area contributed by atoms with E-state index in [1.165, 1.54) is 10.5 Å². The Morgan fingerprint density at radius 3 is 3.10 bits per heavy atom. The molecule has 1 unspecified atom stereocenters. The molecule has 1 aliphatic heterocycles. The van der Waals surface area contributed by atoms with Gasteiger partial charge in [0.15, 0.2) is 0 Å². The fraction of sp³-hybridized carbons (Fsp3) is 0.533. The molecule has 1 aromatic carbocycles. The molecule has 1 amide bonds. The van der Waals surface area contributed by atoms with Crippen molar-refractivity contribution >= 4 is 29.3 Å². The summed E-state index contributed by atoms with van der Waals surface area (Å²) >= 11 is 7.96. The summed E-state index contributed by atoms with van der Waals surface area (Å²) in [5.74, 6) is 1.23. The van der Waals surface area contributed by atoms with E-state index in [-0.39, 0.29) is 5.91 Å². The number of halogens is 1. The summed E-state index contributed by atoms with van der Waals surface area (Å²) in [4.78, 5) is 12.9. The average Bonchev–Trinajstić information content (AvgIpc) is 2.45. The SMILES string of the molecule is CCCNC(=O)CCNC1CCSc2ccc(Cl)cc21. The Bertz CT molecular complexity index is 467. The lowest BCUT2D eigenvalue weighted by Crippen LogP contribution is -2.31. The lowest BCUT2D eigenvalue weighted by molar-refractivity contribution is -0.121. The normalized spacial score (nSPS) is 17.6. The molecule has 5 heteroatoms. The van der Waals surface area contributed by atoms with Gasteiger partial charge in [-0.15, -0.1) is 11.8 Å². The quantitative estimate of drug-likeness (QED) is 0.846. The summed E-state index contributed by atoms with van der Waals surface area (Å²) in [6, 6.07) is 6.37. The summed E-state index contributed by atoms with van der Waals surface area (Å²) in [7, 11) is 0. The van der Waals surface area contributed by atoms with Crippen LogP contribution in [0.3, 0.4) is 0 Å². The van der Waals surface area contributed by atoms with E-state index in [1.807, 2.05) is 23.9 Å². The highest BCUT2D eigenvalue weighted by atomic mass is 35.5. The van der Waals surface area contributed by atoms with E-state index in [0.717, 1.165) is 30.2 Å². The number of hydrogen-bond donors (Lipinski definition) is 2. The van der Waals surface area contributed by atoms with Crippen LogP contribution in [0.4, 0.5) is 0 Å². The fourth-order valence-corrected chi connectivity index (χ4v) is 3.58. The van der Waals surface area contributed by atoms with Crippen LogP contribution in [0, 0.1) is 0 Å². The second-order valence-corrected chi connectivity index (χ2v) is 6.50. The third-order valence-electron chi connectivity index (χ3n) is 3.33. The topological polar surface area (TPSA) is 41.1 Å². The molecular formula is C15H21ClN2OS. The zero-order valence-electron chi connectivity index (χ0n) is 11.7. The summed E-state index contributed by atoms with van der Waals surface area (Å²) in [5.41, 5.74) is 1.27. The maximum absolute atomic E-state index is 11.6. The molecule has 0 spiro atoms. The Hall–Kier alpha value is -0.710. The van der Waals surface area contributed by atoms with Crippen molar-refractivity contribution in [2.24, 2.45) is 0 Å². The molecule has 0 aromatic heterocycles. The van der Waals surface area contributed by atoms with Gasteiger partial charge in [0.05, 0.1) is 0 Å². The van der Waals surface area contributed by atoms with Crippen molar-refractivity contribution in [3.05, 3.63) is 28.8 Å². The number of fused-ring (bicyclic) bond motifs is 1. The van der Waals surface area contributed by atoms with E-state index in [0.29, 0.717) is 19.0 Å². The third-order valence-corrected chi connectivity index (χ3v) is 4.68. The first-order chi connectivity index (χ1) is 9.70. The van der Waals surface area contributed by atoms with Crippen LogP contribution in [-0.4, -0.2) is 24.7 Å². The molecule has 0 bridgehead atoms. The molecule has 1 atom stereocenters. The minimum atomic E-state index is 0.121. The van der Waals surface area contributed by atoms with Crippen molar-refractivity contribution in [1.29, 1.82) is 0 Å². The van der Waals surface area contributed by atoms with E-state index in [2.05, 4.69) is 23.6 Å². The highest BCUT2D eigenvalue weighted by Crippen LogP contribution is 2.37. The van der Waals surface area contributed by atoms with Gasteiger partial charge in [0.2, 0.25) is 5.91 Å². The smallest absolute Gasteiger partial charge is 0.221 e. The molecule has 20 heavy (non-hydrogen) atoms. The summed E-state index contributed by atoms with van der Waals surface area (Å²) in [6.45, 7) is 3.52. The molecule has 0 radical (unpaired) electrons. The van der Waals surface area contributed by atoms with Crippen LogP contribution in [0.15, 0.2) is 23.1 Å². The minimum Gasteiger partial charge on any atom is -0.356 e. The van der Waals surface area contributed by atoms with Gasteiger partial charge in [-0.2, -0.15) is 0 Å². The van der Waals surface area contributed by atoms with E-state index in [9.17, 15) is 4.79 Å². The van der Waals surface area contributed by atoms with Crippen molar-refractivity contribution in [2.75, 3.05) is 18.8 Å². The average molecular weight is 313 g/mol. The first-order valence-corrected chi connectivity index (χ1v) is 8.49. The Morgan fingerprint density at radius 1 is 1.45 bits per heavy atom. The highest BCUT2D eigenvalue weighted by Gasteiger charge is 2.20. The Labute approximate surface area is 129 Å². The molecular weight excluding hydrogens is 292 g/mol. The molecule has 0 saturated heterocycles. The zero-order chi connectivity index (χ0) is 14.4. The van der Waals surface area contributed by atoms with Gasteiger partial charge in [-0.25, -0.2) is 0 Å². The van der Waals surface area contributed by atoms with Gasteiger partial charge in [0.25, 0.3) is 0 Å². The number of carbonyl (C=O) groups excluding carboxylic acids is 1. The molecule has 1 heterocycles. The van der Waals surface area contributed by atoms with E-state index >= 15 is 0 Å². The van der Waals surface area contributed by atoms with Gasteiger partial charge in [0.1, 0.15) is 0 Å². The minimum absolute atomic E-state index is 0.121. The second-order valence-electron chi connectivity index (χ2n) is 4.93. The predicted octanol–water partition coefficient (Wildman–Crippen LogP) is 3.38.